The van der Waals surface area contributed by atoms with Crippen LogP contribution in [0.2, 0.25) is 0 Å². The van der Waals surface area contributed by atoms with Crippen LogP contribution < -0.4 is 10.6 Å². The highest BCUT2D eigenvalue weighted by Crippen LogP contribution is 2.34. The molecule has 0 spiro atoms. The van der Waals surface area contributed by atoms with Gasteiger partial charge in [0.25, 0.3) is 0 Å². The summed E-state index contributed by atoms with van der Waals surface area (Å²) in [7, 11) is 0. The maximum absolute atomic E-state index is 11.4. The normalized spacial score (nSPS) is 14.2. The van der Waals surface area contributed by atoms with Crippen LogP contribution in [0.25, 0.3) is 0 Å². The van der Waals surface area contributed by atoms with E-state index in [4.69, 9.17) is 5.73 Å². The van der Waals surface area contributed by atoms with E-state index in [9.17, 15) is 9.90 Å². The summed E-state index contributed by atoms with van der Waals surface area (Å²) in [5.74, 6) is -0.473. The quantitative estimate of drug-likeness (QED) is 0.884. The molecule has 0 unspecified atom stereocenters. The number of rotatable bonds is 5. The Hall–Kier alpha value is -2.08. The van der Waals surface area contributed by atoms with E-state index in [2.05, 4.69) is 16.0 Å². The molecule has 0 aromatic carbocycles. The lowest BCUT2D eigenvalue weighted by molar-refractivity contribution is 0.0697. The summed E-state index contributed by atoms with van der Waals surface area (Å²) >= 11 is 1.67. The third-order valence-corrected chi connectivity index (χ3v) is 4.15. The maximum atomic E-state index is 11.4. The van der Waals surface area contributed by atoms with Gasteiger partial charge in [-0.05, 0) is 30.4 Å². The molecule has 0 atom stereocenters. The smallest absolute Gasteiger partial charge is 0.339 e. The van der Waals surface area contributed by atoms with E-state index in [0.29, 0.717) is 24.1 Å². The second-order valence-corrected chi connectivity index (χ2v) is 5.92. The first kappa shape index (κ1) is 12.9. The fraction of sp³-hybridized carbons (Fsp3) is 0.286. The average molecular weight is 289 g/mol. The van der Waals surface area contributed by atoms with Crippen molar-refractivity contribution in [2.24, 2.45) is 0 Å². The monoisotopic (exact) mass is 289 g/mol. The van der Waals surface area contributed by atoms with E-state index in [1.807, 2.05) is 11.4 Å². The minimum absolute atomic E-state index is 0.174. The third kappa shape index (κ3) is 2.60. The van der Waals surface area contributed by atoms with Crippen LogP contribution >= 0.6 is 11.3 Å². The molecule has 0 saturated heterocycles. The molecule has 0 amide bonds. The Morgan fingerprint density at radius 3 is 2.95 bits per heavy atom. The van der Waals surface area contributed by atoms with Crippen molar-refractivity contribution in [2.75, 3.05) is 10.6 Å². The van der Waals surface area contributed by atoms with Gasteiger partial charge in [-0.1, -0.05) is 6.07 Å². The molecule has 2 aromatic heterocycles. The van der Waals surface area contributed by atoms with E-state index in [0.717, 1.165) is 12.8 Å². The van der Waals surface area contributed by atoms with E-state index in [-0.39, 0.29) is 5.56 Å². The van der Waals surface area contributed by atoms with Gasteiger partial charge in [0, 0.05) is 10.9 Å². The average Bonchev–Trinajstić information content (AvgIpc) is 3.13. The first-order valence-corrected chi connectivity index (χ1v) is 7.31. The predicted octanol–water partition coefficient (Wildman–Crippen LogP) is 2.59. The van der Waals surface area contributed by atoms with Crippen molar-refractivity contribution in [1.82, 2.24) is 4.98 Å². The number of hydrogen-bond donors (Lipinski definition) is 2. The third-order valence-electron chi connectivity index (χ3n) is 3.28. The first-order chi connectivity index (χ1) is 9.65. The number of thiophene rings is 1. The number of pyridine rings is 1. The van der Waals surface area contributed by atoms with Crippen molar-refractivity contribution in [3.05, 3.63) is 40.2 Å². The van der Waals surface area contributed by atoms with Crippen LogP contribution in [-0.2, 0) is 6.54 Å². The van der Waals surface area contributed by atoms with Crippen LogP contribution in [0.4, 0.5) is 11.5 Å². The summed E-state index contributed by atoms with van der Waals surface area (Å²) < 4.78 is 0. The summed E-state index contributed by atoms with van der Waals surface area (Å²) in [5, 5.41) is 11.4. The zero-order valence-corrected chi connectivity index (χ0v) is 11.6. The van der Waals surface area contributed by atoms with Crippen molar-refractivity contribution in [3.63, 3.8) is 0 Å². The molecule has 20 heavy (non-hydrogen) atoms. The molecule has 104 valence electrons. The Bertz CT molecular complexity index is 623. The largest absolute Gasteiger partial charge is 0.478 e. The fourth-order valence-corrected chi connectivity index (χ4v) is 2.90. The van der Waals surface area contributed by atoms with Gasteiger partial charge in [-0.25, -0.2) is 9.78 Å². The molecule has 2 heterocycles. The van der Waals surface area contributed by atoms with Gasteiger partial charge in [-0.3, -0.25) is 0 Å². The van der Waals surface area contributed by atoms with E-state index < -0.39 is 5.97 Å². The van der Waals surface area contributed by atoms with Crippen LogP contribution in [0.1, 0.15) is 28.1 Å². The fourth-order valence-electron chi connectivity index (χ4n) is 2.19. The van der Waals surface area contributed by atoms with Gasteiger partial charge in [-0.2, -0.15) is 0 Å². The summed E-state index contributed by atoms with van der Waals surface area (Å²) in [6, 6.07) is 5.91. The minimum Gasteiger partial charge on any atom is -0.478 e. The molecule has 1 aliphatic carbocycles. The van der Waals surface area contributed by atoms with Crippen molar-refractivity contribution in [1.29, 1.82) is 0 Å². The topological polar surface area (TPSA) is 79.5 Å². The van der Waals surface area contributed by atoms with E-state index >= 15 is 0 Å². The lowest BCUT2D eigenvalue weighted by atomic mass is 10.2. The number of nitrogens with zero attached hydrogens (tertiary/aromatic N) is 2. The van der Waals surface area contributed by atoms with Gasteiger partial charge in [0.1, 0.15) is 11.4 Å². The molecule has 3 rings (SSSR count). The van der Waals surface area contributed by atoms with Crippen molar-refractivity contribution >= 4 is 28.8 Å². The molecule has 0 bridgehead atoms. The second-order valence-electron chi connectivity index (χ2n) is 4.88. The Labute approximate surface area is 120 Å². The molecule has 3 N–H and O–H groups in total. The van der Waals surface area contributed by atoms with Crippen molar-refractivity contribution in [2.45, 2.75) is 25.4 Å². The van der Waals surface area contributed by atoms with Crippen LogP contribution in [0, 0.1) is 0 Å². The SMILES string of the molecule is Nc1cnc(N(Cc2cccs2)C2CC2)c(C(=O)O)c1. The lowest BCUT2D eigenvalue weighted by Gasteiger charge is -2.24. The van der Waals surface area contributed by atoms with Crippen LogP contribution in [-0.4, -0.2) is 22.1 Å². The number of carboxylic acid groups (broad SMARTS) is 1. The Kier molecular flexibility index (Phi) is 3.31. The molecule has 1 saturated carbocycles. The highest BCUT2D eigenvalue weighted by molar-refractivity contribution is 7.09. The number of aromatic nitrogens is 1. The number of carboxylic acids is 1. The lowest BCUT2D eigenvalue weighted by Crippen LogP contribution is -2.27. The maximum Gasteiger partial charge on any atom is 0.339 e. The molecular weight excluding hydrogens is 274 g/mol. The summed E-state index contributed by atoms with van der Waals surface area (Å²) in [4.78, 5) is 18.9. The number of aromatic carboxylic acids is 1. The van der Waals surface area contributed by atoms with Crippen molar-refractivity contribution in [3.8, 4) is 0 Å². The number of hydrogen-bond acceptors (Lipinski definition) is 5. The van der Waals surface area contributed by atoms with E-state index in [1.165, 1.54) is 17.1 Å². The zero-order valence-electron chi connectivity index (χ0n) is 10.8. The highest BCUT2D eigenvalue weighted by Gasteiger charge is 2.32. The molecule has 0 aliphatic heterocycles. The number of carbonyl (C=O) groups is 1. The van der Waals surface area contributed by atoms with Gasteiger partial charge in [-0.15, -0.1) is 11.3 Å². The minimum atomic E-state index is -0.989. The number of nitrogens with two attached hydrogens (primary N) is 1. The van der Waals surface area contributed by atoms with Crippen molar-refractivity contribution < 1.29 is 9.90 Å². The number of anilines is 2. The van der Waals surface area contributed by atoms with Gasteiger partial charge < -0.3 is 15.7 Å². The predicted molar refractivity (Wildman–Crippen MR) is 79.1 cm³/mol. The van der Waals surface area contributed by atoms with E-state index in [1.54, 1.807) is 11.3 Å². The standard InChI is InChI=1S/C14H15N3O2S/c15-9-6-12(14(18)19)13(16-7-9)17(10-3-4-10)8-11-2-1-5-20-11/h1-2,5-7,10H,3-4,8,15H2,(H,18,19). The molecule has 1 fully saturated rings. The Morgan fingerprint density at radius 2 is 2.35 bits per heavy atom. The van der Waals surface area contributed by atoms with Gasteiger partial charge >= 0.3 is 5.97 Å². The molecule has 0 radical (unpaired) electrons. The van der Waals surface area contributed by atoms with Crippen LogP contribution in [0.15, 0.2) is 29.8 Å². The Morgan fingerprint density at radius 1 is 1.55 bits per heavy atom. The first-order valence-electron chi connectivity index (χ1n) is 6.43. The number of nitrogen functional groups attached to an aromatic ring is 1. The van der Waals surface area contributed by atoms with Gasteiger partial charge in [0.2, 0.25) is 0 Å². The van der Waals surface area contributed by atoms with Gasteiger partial charge in [0.05, 0.1) is 18.4 Å². The zero-order chi connectivity index (χ0) is 14.1. The Balaban J connectivity index is 1.97. The highest BCUT2D eigenvalue weighted by atomic mass is 32.1. The summed E-state index contributed by atoms with van der Waals surface area (Å²) in [6.45, 7) is 0.694. The molecular formula is C14H15N3O2S. The molecule has 1 aliphatic rings. The van der Waals surface area contributed by atoms with Crippen LogP contribution in [0.3, 0.4) is 0 Å². The summed E-state index contributed by atoms with van der Waals surface area (Å²) in [5.41, 5.74) is 6.20. The summed E-state index contributed by atoms with van der Waals surface area (Å²) in [6.07, 6.45) is 3.68. The molecule has 2 aromatic rings. The van der Waals surface area contributed by atoms with Crippen LogP contribution in [0.5, 0.6) is 0 Å². The van der Waals surface area contributed by atoms with Gasteiger partial charge in [0.15, 0.2) is 0 Å². The molecule has 5 nitrogen and oxygen atoms in total. The second kappa shape index (κ2) is 5.13. The molecule has 6 heteroatoms.